The first-order valence-corrected chi connectivity index (χ1v) is 7.81. The summed E-state index contributed by atoms with van der Waals surface area (Å²) in [6, 6.07) is 2.13. The molecule has 130 valence electrons. The summed E-state index contributed by atoms with van der Waals surface area (Å²) in [5.41, 5.74) is 0.413. The Hall–Kier alpha value is -2.20. The third-order valence-electron chi connectivity index (χ3n) is 3.75. The summed E-state index contributed by atoms with van der Waals surface area (Å²) in [5.74, 6) is -1.89. The van der Waals surface area contributed by atoms with Gasteiger partial charge in [-0.3, -0.25) is 4.79 Å². The van der Waals surface area contributed by atoms with Crippen LogP contribution < -0.4 is 16.1 Å². The standard InChI is InChI=1S/C14H16BrFN4O4/c1-7(2)14(6-21)11(22)20(13(24)18-14)19-12(23)17-10-4-3-8(15)5-9(10)16/h3-5,7,21H,6H2,1-2H3,(H,18,24)(H2,17,19,23). The van der Waals surface area contributed by atoms with Gasteiger partial charge in [0.15, 0.2) is 0 Å². The van der Waals surface area contributed by atoms with E-state index in [9.17, 15) is 23.9 Å². The quantitative estimate of drug-likeness (QED) is 0.572. The molecule has 0 aliphatic carbocycles. The highest BCUT2D eigenvalue weighted by molar-refractivity contribution is 9.10. The van der Waals surface area contributed by atoms with Gasteiger partial charge in [0, 0.05) is 4.47 Å². The molecule has 1 saturated heterocycles. The van der Waals surface area contributed by atoms with Gasteiger partial charge in [-0.2, -0.15) is 5.01 Å². The van der Waals surface area contributed by atoms with Gasteiger partial charge in [-0.15, -0.1) is 0 Å². The van der Waals surface area contributed by atoms with Crippen LogP contribution in [0.2, 0.25) is 0 Å². The number of halogens is 2. The van der Waals surface area contributed by atoms with Gasteiger partial charge in [0.1, 0.15) is 11.4 Å². The van der Waals surface area contributed by atoms with Gasteiger partial charge < -0.3 is 15.7 Å². The smallest absolute Gasteiger partial charge is 0.344 e. The Morgan fingerprint density at radius 2 is 2.12 bits per heavy atom. The first kappa shape index (κ1) is 18.1. The van der Waals surface area contributed by atoms with Crippen molar-refractivity contribution in [3.8, 4) is 0 Å². The highest BCUT2D eigenvalue weighted by Crippen LogP contribution is 2.25. The third kappa shape index (κ3) is 3.20. The summed E-state index contributed by atoms with van der Waals surface area (Å²) in [5, 5.41) is 14.5. The van der Waals surface area contributed by atoms with E-state index in [4.69, 9.17) is 0 Å². The second-order valence-corrected chi connectivity index (χ2v) is 6.46. The van der Waals surface area contributed by atoms with Crippen LogP contribution in [0.25, 0.3) is 0 Å². The van der Waals surface area contributed by atoms with E-state index in [0.717, 1.165) is 6.07 Å². The first-order valence-electron chi connectivity index (χ1n) is 7.01. The molecular weight excluding hydrogens is 387 g/mol. The fourth-order valence-corrected chi connectivity index (χ4v) is 2.55. The molecule has 0 saturated carbocycles. The van der Waals surface area contributed by atoms with Crippen LogP contribution in [-0.4, -0.2) is 40.2 Å². The molecule has 1 aromatic carbocycles. The number of anilines is 1. The van der Waals surface area contributed by atoms with Crippen molar-refractivity contribution in [3.63, 3.8) is 0 Å². The Kier molecular flexibility index (Phi) is 5.09. The van der Waals surface area contributed by atoms with E-state index < -0.39 is 41.9 Å². The molecule has 4 N–H and O–H groups in total. The summed E-state index contributed by atoms with van der Waals surface area (Å²) in [7, 11) is 0. The van der Waals surface area contributed by atoms with Crippen LogP contribution in [0, 0.1) is 11.7 Å². The summed E-state index contributed by atoms with van der Waals surface area (Å²) in [6.07, 6.45) is 0. The molecule has 10 heteroatoms. The number of nitrogens with zero attached hydrogens (tertiary/aromatic N) is 1. The number of carbonyl (C=O) groups excluding carboxylic acids is 3. The van der Waals surface area contributed by atoms with Crippen molar-refractivity contribution >= 4 is 39.6 Å². The van der Waals surface area contributed by atoms with E-state index in [1.807, 2.05) is 5.43 Å². The van der Waals surface area contributed by atoms with Crippen molar-refractivity contribution in [1.82, 2.24) is 15.8 Å². The van der Waals surface area contributed by atoms with E-state index in [-0.39, 0.29) is 5.69 Å². The van der Waals surface area contributed by atoms with Gasteiger partial charge in [-0.1, -0.05) is 29.8 Å². The second kappa shape index (κ2) is 6.73. The highest BCUT2D eigenvalue weighted by Gasteiger charge is 2.53. The maximum Gasteiger partial charge on any atom is 0.344 e. The number of aliphatic hydroxyl groups is 1. The van der Waals surface area contributed by atoms with Gasteiger partial charge in [-0.25, -0.2) is 19.4 Å². The average Bonchev–Trinajstić information content (AvgIpc) is 2.75. The fourth-order valence-electron chi connectivity index (χ4n) is 2.22. The Morgan fingerprint density at radius 3 is 2.62 bits per heavy atom. The van der Waals surface area contributed by atoms with Crippen molar-refractivity contribution in [2.45, 2.75) is 19.4 Å². The van der Waals surface area contributed by atoms with Crippen LogP contribution >= 0.6 is 15.9 Å². The number of imide groups is 1. The monoisotopic (exact) mass is 402 g/mol. The number of carbonyl (C=O) groups is 3. The summed E-state index contributed by atoms with van der Waals surface area (Å²) in [4.78, 5) is 36.2. The molecule has 1 aliphatic heterocycles. The lowest BCUT2D eigenvalue weighted by Gasteiger charge is -2.28. The number of aliphatic hydroxyl groups excluding tert-OH is 1. The molecule has 0 bridgehead atoms. The molecule has 5 amide bonds. The second-order valence-electron chi connectivity index (χ2n) is 5.54. The largest absolute Gasteiger partial charge is 0.393 e. The maximum absolute atomic E-state index is 13.7. The lowest BCUT2D eigenvalue weighted by Crippen LogP contribution is -2.56. The number of benzene rings is 1. The van der Waals surface area contributed by atoms with Crippen molar-refractivity contribution < 1.29 is 23.9 Å². The van der Waals surface area contributed by atoms with Crippen LogP contribution in [0.3, 0.4) is 0 Å². The van der Waals surface area contributed by atoms with Gasteiger partial charge in [0.05, 0.1) is 12.3 Å². The Balaban J connectivity index is 2.11. The molecule has 1 aliphatic rings. The van der Waals surface area contributed by atoms with Gasteiger partial charge >= 0.3 is 12.1 Å². The highest BCUT2D eigenvalue weighted by atomic mass is 79.9. The minimum atomic E-state index is -1.51. The van der Waals surface area contributed by atoms with E-state index in [0.29, 0.717) is 9.48 Å². The van der Waals surface area contributed by atoms with Gasteiger partial charge in [0.2, 0.25) is 0 Å². The lowest BCUT2D eigenvalue weighted by molar-refractivity contribution is -0.135. The summed E-state index contributed by atoms with van der Waals surface area (Å²) in [6.45, 7) is 2.68. The molecule has 0 aromatic heterocycles. The number of hydrazine groups is 1. The molecule has 8 nitrogen and oxygen atoms in total. The first-order chi connectivity index (χ1) is 11.2. The Labute approximate surface area is 145 Å². The molecule has 0 spiro atoms. The van der Waals surface area contributed by atoms with Crippen LogP contribution in [0.4, 0.5) is 19.7 Å². The molecule has 1 atom stereocenters. The number of hydrogen-bond donors (Lipinski definition) is 4. The summed E-state index contributed by atoms with van der Waals surface area (Å²) >= 11 is 3.09. The zero-order chi connectivity index (χ0) is 18.1. The third-order valence-corrected chi connectivity index (χ3v) is 4.24. The van der Waals surface area contributed by atoms with Crippen molar-refractivity contribution in [2.75, 3.05) is 11.9 Å². The molecule has 1 heterocycles. The van der Waals surface area contributed by atoms with Crippen molar-refractivity contribution in [1.29, 1.82) is 0 Å². The molecule has 1 unspecified atom stereocenters. The van der Waals surface area contributed by atoms with Crippen molar-refractivity contribution in [2.24, 2.45) is 5.92 Å². The fraction of sp³-hybridized carbons (Fsp3) is 0.357. The predicted octanol–water partition coefficient (Wildman–Crippen LogP) is 1.56. The Bertz CT molecular complexity index is 699. The molecule has 2 rings (SSSR count). The number of amides is 5. The Morgan fingerprint density at radius 1 is 1.46 bits per heavy atom. The zero-order valence-corrected chi connectivity index (χ0v) is 14.5. The minimum absolute atomic E-state index is 0.125. The SMILES string of the molecule is CC(C)C1(CO)NC(=O)N(NC(=O)Nc2ccc(Br)cc2F)C1=O. The van der Waals surface area contributed by atoms with Crippen LogP contribution in [0.15, 0.2) is 22.7 Å². The number of hydrogen-bond acceptors (Lipinski definition) is 4. The lowest BCUT2D eigenvalue weighted by atomic mass is 9.87. The number of nitrogens with one attached hydrogen (secondary N) is 3. The van der Waals surface area contributed by atoms with E-state index in [1.54, 1.807) is 13.8 Å². The minimum Gasteiger partial charge on any atom is -0.393 e. The molecule has 24 heavy (non-hydrogen) atoms. The molecule has 1 aromatic rings. The number of rotatable bonds is 4. The van der Waals surface area contributed by atoms with Crippen LogP contribution in [0.1, 0.15) is 13.8 Å². The molecule has 1 fully saturated rings. The summed E-state index contributed by atoms with van der Waals surface area (Å²) < 4.78 is 14.2. The average molecular weight is 403 g/mol. The van der Waals surface area contributed by atoms with Gasteiger partial charge in [-0.05, 0) is 24.1 Å². The van der Waals surface area contributed by atoms with Crippen LogP contribution in [-0.2, 0) is 4.79 Å². The topological polar surface area (TPSA) is 111 Å². The molecular formula is C14H16BrFN4O4. The molecule has 0 radical (unpaired) electrons. The van der Waals surface area contributed by atoms with E-state index in [2.05, 4.69) is 26.6 Å². The van der Waals surface area contributed by atoms with E-state index in [1.165, 1.54) is 12.1 Å². The predicted molar refractivity (Wildman–Crippen MR) is 86.3 cm³/mol. The zero-order valence-electron chi connectivity index (χ0n) is 12.9. The number of urea groups is 2. The van der Waals surface area contributed by atoms with E-state index >= 15 is 0 Å². The maximum atomic E-state index is 13.7. The van der Waals surface area contributed by atoms with Gasteiger partial charge in [0.25, 0.3) is 5.91 Å². The van der Waals surface area contributed by atoms with Crippen LogP contribution in [0.5, 0.6) is 0 Å². The van der Waals surface area contributed by atoms with Crippen molar-refractivity contribution in [3.05, 3.63) is 28.5 Å². The normalized spacial score (nSPS) is 20.3.